The topological polar surface area (TPSA) is 100 Å². The number of hydrogen-bond acceptors (Lipinski definition) is 7. The Morgan fingerprint density at radius 1 is 1.16 bits per heavy atom. The van der Waals surface area contributed by atoms with Crippen molar-refractivity contribution in [2.45, 2.75) is 33.1 Å². The smallest absolute Gasteiger partial charge is 0.233 e. The number of ether oxygens (including phenoxy) is 3. The lowest BCUT2D eigenvalue weighted by Crippen LogP contribution is -2.25. The molecule has 9 heteroatoms. The van der Waals surface area contributed by atoms with Crippen LogP contribution in [0.5, 0.6) is 17.4 Å². The SMILES string of the molecule is COc1ccc(-n2nc(C)c3c2NC(=O)C[C@@H]3c2cccc(OC)c2OCC(C)C)nn1. The predicted octanol–water partition coefficient (Wildman–Crippen LogP) is 3.50. The second kappa shape index (κ2) is 8.86. The molecule has 1 aliphatic rings. The summed E-state index contributed by atoms with van der Waals surface area (Å²) in [6, 6.07) is 9.21. The van der Waals surface area contributed by atoms with Crippen molar-refractivity contribution in [2.24, 2.45) is 5.92 Å². The summed E-state index contributed by atoms with van der Waals surface area (Å²) in [7, 11) is 3.15. The van der Waals surface area contributed by atoms with Gasteiger partial charge >= 0.3 is 0 Å². The summed E-state index contributed by atoms with van der Waals surface area (Å²) in [4.78, 5) is 12.8. The Morgan fingerprint density at radius 3 is 2.62 bits per heavy atom. The fourth-order valence-electron chi connectivity index (χ4n) is 3.89. The number of methoxy groups -OCH3 is 2. The number of aromatic nitrogens is 4. The Balaban J connectivity index is 1.83. The number of amides is 1. The van der Waals surface area contributed by atoms with E-state index in [1.807, 2.05) is 25.1 Å². The molecule has 1 aromatic carbocycles. The summed E-state index contributed by atoms with van der Waals surface area (Å²) in [5, 5.41) is 15.8. The molecular weight excluding hydrogens is 410 g/mol. The lowest BCUT2D eigenvalue weighted by molar-refractivity contribution is -0.116. The minimum atomic E-state index is -0.240. The normalized spacial score (nSPS) is 15.3. The Morgan fingerprint density at radius 2 is 1.97 bits per heavy atom. The number of para-hydroxylation sites is 1. The Labute approximate surface area is 186 Å². The Bertz CT molecular complexity index is 1120. The van der Waals surface area contributed by atoms with Crippen LogP contribution in [0.3, 0.4) is 0 Å². The van der Waals surface area contributed by atoms with Gasteiger partial charge in [0.2, 0.25) is 11.8 Å². The lowest BCUT2D eigenvalue weighted by atomic mass is 9.85. The van der Waals surface area contributed by atoms with Crippen molar-refractivity contribution in [3.05, 3.63) is 47.2 Å². The van der Waals surface area contributed by atoms with Crippen molar-refractivity contribution in [3.8, 4) is 23.2 Å². The first kappa shape index (κ1) is 21.6. The summed E-state index contributed by atoms with van der Waals surface area (Å²) >= 11 is 0. The van der Waals surface area contributed by atoms with Crippen molar-refractivity contribution in [2.75, 3.05) is 26.1 Å². The van der Waals surface area contributed by atoms with Crippen LogP contribution in [0.4, 0.5) is 5.82 Å². The van der Waals surface area contributed by atoms with E-state index >= 15 is 0 Å². The zero-order valence-corrected chi connectivity index (χ0v) is 18.9. The highest BCUT2D eigenvalue weighted by Gasteiger charge is 2.35. The standard InChI is InChI=1S/C23H27N5O4/c1-13(2)12-32-22-15(7-6-8-17(22)30-4)16-11-19(29)24-23-21(16)14(3)27-28(23)18-9-10-20(31-5)26-25-18/h6-10,13,16H,11-12H2,1-5H3,(H,24,29)/t16-/m1/s1. The van der Waals surface area contributed by atoms with Crippen LogP contribution in [0.15, 0.2) is 30.3 Å². The predicted molar refractivity (Wildman–Crippen MR) is 119 cm³/mol. The van der Waals surface area contributed by atoms with Gasteiger partial charge in [0.05, 0.1) is 26.5 Å². The van der Waals surface area contributed by atoms with Gasteiger partial charge in [0.15, 0.2) is 17.3 Å². The summed E-state index contributed by atoms with van der Waals surface area (Å²) in [6.45, 7) is 6.64. The van der Waals surface area contributed by atoms with Crippen molar-refractivity contribution < 1.29 is 19.0 Å². The van der Waals surface area contributed by atoms with Crippen LogP contribution in [-0.2, 0) is 4.79 Å². The molecule has 3 aromatic rings. The van der Waals surface area contributed by atoms with Crippen molar-refractivity contribution in [3.63, 3.8) is 0 Å². The molecule has 0 aliphatic carbocycles. The van der Waals surface area contributed by atoms with Crippen LogP contribution in [-0.4, -0.2) is 46.7 Å². The fraction of sp³-hybridized carbons (Fsp3) is 0.391. The molecule has 0 unspecified atom stereocenters. The van der Waals surface area contributed by atoms with Crippen LogP contribution in [0.2, 0.25) is 0 Å². The maximum Gasteiger partial charge on any atom is 0.233 e. The number of hydrogen-bond donors (Lipinski definition) is 1. The average Bonchev–Trinajstić information content (AvgIpc) is 3.12. The molecule has 0 saturated heterocycles. The van der Waals surface area contributed by atoms with E-state index in [1.165, 1.54) is 7.11 Å². The van der Waals surface area contributed by atoms with Crippen LogP contribution >= 0.6 is 0 Å². The summed E-state index contributed by atoms with van der Waals surface area (Å²) < 4.78 is 18.4. The van der Waals surface area contributed by atoms with E-state index < -0.39 is 0 Å². The molecule has 0 radical (unpaired) electrons. The van der Waals surface area contributed by atoms with Crippen molar-refractivity contribution >= 4 is 11.7 Å². The highest BCUT2D eigenvalue weighted by Crippen LogP contribution is 2.45. The Hall–Kier alpha value is -3.62. The van der Waals surface area contributed by atoms with Gasteiger partial charge in [0, 0.05) is 29.5 Å². The van der Waals surface area contributed by atoms with Gasteiger partial charge in [-0.05, 0) is 25.0 Å². The van der Waals surface area contributed by atoms with E-state index in [0.717, 1.165) is 16.8 Å². The zero-order valence-electron chi connectivity index (χ0n) is 18.9. The summed E-state index contributed by atoms with van der Waals surface area (Å²) in [6.07, 6.45) is 0.277. The number of nitrogens with one attached hydrogen (secondary N) is 1. The van der Waals surface area contributed by atoms with Crippen molar-refractivity contribution in [1.29, 1.82) is 0 Å². The molecule has 3 heterocycles. The molecule has 168 valence electrons. The number of carbonyl (C=O) groups is 1. The monoisotopic (exact) mass is 437 g/mol. The largest absolute Gasteiger partial charge is 0.493 e. The van der Waals surface area contributed by atoms with Crippen LogP contribution in [0.1, 0.15) is 43.0 Å². The quantitative estimate of drug-likeness (QED) is 0.604. The maximum absolute atomic E-state index is 12.8. The number of fused-ring (bicyclic) bond motifs is 1. The molecule has 1 N–H and O–H groups in total. The van der Waals surface area contributed by atoms with Gasteiger partial charge in [-0.2, -0.15) is 9.78 Å². The molecule has 2 aromatic heterocycles. The van der Waals surface area contributed by atoms with E-state index in [1.54, 1.807) is 23.9 Å². The minimum absolute atomic E-state index is 0.109. The van der Waals surface area contributed by atoms with Gasteiger partial charge in [0.25, 0.3) is 0 Å². The first-order chi connectivity index (χ1) is 15.4. The highest BCUT2D eigenvalue weighted by molar-refractivity contribution is 5.95. The summed E-state index contributed by atoms with van der Waals surface area (Å²) in [5.41, 5.74) is 2.61. The second-order valence-electron chi connectivity index (χ2n) is 8.08. The maximum atomic E-state index is 12.8. The van der Waals surface area contributed by atoms with E-state index in [0.29, 0.717) is 41.5 Å². The molecule has 0 bridgehead atoms. The second-order valence-corrected chi connectivity index (χ2v) is 8.08. The van der Waals surface area contributed by atoms with E-state index in [-0.39, 0.29) is 18.2 Å². The molecule has 9 nitrogen and oxygen atoms in total. The van der Waals surface area contributed by atoms with Gasteiger partial charge in [-0.1, -0.05) is 26.0 Å². The number of rotatable bonds is 7. The molecule has 0 saturated carbocycles. The van der Waals surface area contributed by atoms with Crippen LogP contribution in [0.25, 0.3) is 5.82 Å². The summed E-state index contributed by atoms with van der Waals surface area (Å²) in [5.74, 6) is 2.76. The van der Waals surface area contributed by atoms with E-state index in [9.17, 15) is 4.79 Å². The number of nitrogens with zero attached hydrogens (tertiary/aromatic N) is 4. The van der Waals surface area contributed by atoms with Gasteiger partial charge in [-0.25, -0.2) is 0 Å². The van der Waals surface area contributed by atoms with Crippen molar-refractivity contribution in [1.82, 2.24) is 20.0 Å². The number of benzene rings is 1. The van der Waals surface area contributed by atoms with Gasteiger partial charge in [0.1, 0.15) is 5.82 Å². The molecule has 1 atom stereocenters. The third-order valence-electron chi connectivity index (χ3n) is 5.32. The third-order valence-corrected chi connectivity index (χ3v) is 5.32. The van der Waals surface area contributed by atoms with Crippen LogP contribution in [0, 0.1) is 12.8 Å². The highest BCUT2D eigenvalue weighted by atomic mass is 16.5. The minimum Gasteiger partial charge on any atom is -0.493 e. The van der Waals surface area contributed by atoms with E-state index in [2.05, 4.69) is 34.5 Å². The molecule has 0 fully saturated rings. The third kappa shape index (κ3) is 3.98. The van der Waals surface area contributed by atoms with Crippen LogP contribution < -0.4 is 19.5 Å². The van der Waals surface area contributed by atoms with Gasteiger partial charge in [-0.3, -0.25) is 4.79 Å². The molecule has 1 aliphatic heterocycles. The average molecular weight is 438 g/mol. The lowest BCUT2D eigenvalue weighted by Gasteiger charge is -2.27. The first-order valence-corrected chi connectivity index (χ1v) is 10.5. The number of anilines is 1. The zero-order chi connectivity index (χ0) is 22.8. The number of carbonyl (C=O) groups excluding carboxylic acids is 1. The molecule has 1 amide bonds. The van der Waals surface area contributed by atoms with E-state index in [4.69, 9.17) is 14.2 Å². The number of aryl methyl sites for hydroxylation is 1. The molecular formula is C23H27N5O4. The van der Waals surface area contributed by atoms with Gasteiger partial charge in [-0.15, -0.1) is 10.2 Å². The molecule has 4 rings (SSSR count). The molecule has 0 spiro atoms. The first-order valence-electron chi connectivity index (χ1n) is 10.5. The Kier molecular flexibility index (Phi) is 5.98. The molecule has 32 heavy (non-hydrogen) atoms. The fourth-order valence-corrected chi connectivity index (χ4v) is 3.89. The van der Waals surface area contributed by atoms with Gasteiger partial charge < -0.3 is 19.5 Å².